The lowest BCUT2D eigenvalue weighted by molar-refractivity contribution is -0.126. The second kappa shape index (κ2) is 8.47. The summed E-state index contributed by atoms with van der Waals surface area (Å²) in [4.78, 5) is 34.7. The first-order valence-electron chi connectivity index (χ1n) is 7.49. The highest BCUT2D eigenvalue weighted by atomic mass is 16.4. The van der Waals surface area contributed by atoms with Crippen LogP contribution in [0.1, 0.15) is 22.3 Å². The minimum Gasteiger partial charge on any atom is -0.478 e. The summed E-state index contributed by atoms with van der Waals surface area (Å²) in [6.07, 6.45) is 0.318. The number of aromatic carboxylic acids is 1. The highest BCUT2D eigenvalue weighted by Gasteiger charge is 2.14. The van der Waals surface area contributed by atoms with Crippen LogP contribution in [0.15, 0.2) is 54.6 Å². The molecule has 0 aromatic heterocycles. The molecule has 0 unspecified atom stereocenters. The Balaban J connectivity index is 1.80. The zero-order valence-corrected chi connectivity index (χ0v) is 13.0. The fourth-order valence-electron chi connectivity index (χ4n) is 2.17. The predicted molar refractivity (Wildman–Crippen MR) is 89.8 cm³/mol. The van der Waals surface area contributed by atoms with Gasteiger partial charge in [0.25, 0.3) is 0 Å². The van der Waals surface area contributed by atoms with Gasteiger partial charge in [0.2, 0.25) is 11.8 Å². The van der Waals surface area contributed by atoms with E-state index in [1.807, 2.05) is 30.3 Å². The Morgan fingerprint density at radius 3 is 2.25 bits per heavy atom. The third-order valence-corrected chi connectivity index (χ3v) is 3.33. The Morgan fingerprint density at radius 1 is 0.875 bits per heavy atom. The summed E-state index contributed by atoms with van der Waals surface area (Å²) >= 11 is 0. The molecule has 2 aromatic carbocycles. The SMILES string of the molecule is O=C(CC(=O)Nc1ccccc1C(=O)O)NCCc1ccccc1. The summed E-state index contributed by atoms with van der Waals surface area (Å²) in [5, 5.41) is 14.2. The molecule has 24 heavy (non-hydrogen) atoms. The molecule has 2 rings (SSSR count). The van der Waals surface area contributed by atoms with Crippen molar-refractivity contribution in [3.63, 3.8) is 0 Å². The predicted octanol–water partition coefficient (Wildman–Crippen LogP) is 2.07. The minimum atomic E-state index is -1.14. The average molecular weight is 326 g/mol. The van der Waals surface area contributed by atoms with Crippen LogP contribution in [-0.4, -0.2) is 29.4 Å². The van der Waals surface area contributed by atoms with Gasteiger partial charge in [-0.2, -0.15) is 0 Å². The van der Waals surface area contributed by atoms with Crippen LogP contribution in [0.2, 0.25) is 0 Å². The van der Waals surface area contributed by atoms with Gasteiger partial charge < -0.3 is 15.7 Å². The fourth-order valence-corrected chi connectivity index (χ4v) is 2.17. The van der Waals surface area contributed by atoms with E-state index in [-0.39, 0.29) is 17.7 Å². The monoisotopic (exact) mass is 326 g/mol. The van der Waals surface area contributed by atoms with Crippen LogP contribution >= 0.6 is 0 Å². The summed E-state index contributed by atoms with van der Waals surface area (Å²) in [5.74, 6) is -2.10. The number of hydrogen-bond acceptors (Lipinski definition) is 3. The van der Waals surface area contributed by atoms with Crippen molar-refractivity contribution in [1.29, 1.82) is 0 Å². The van der Waals surface area contributed by atoms with E-state index in [9.17, 15) is 14.4 Å². The van der Waals surface area contributed by atoms with E-state index in [0.717, 1.165) is 5.56 Å². The number of carboxylic acids is 1. The van der Waals surface area contributed by atoms with Gasteiger partial charge >= 0.3 is 5.97 Å². The van der Waals surface area contributed by atoms with Gasteiger partial charge in [-0.1, -0.05) is 42.5 Å². The van der Waals surface area contributed by atoms with Gasteiger partial charge in [-0.25, -0.2) is 4.79 Å². The molecule has 0 spiro atoms. The Hall–Kier alpha value is -3.15. The second-order valence-corrected chi connectivity index (χ2v) is 5.16. The van der Waals surface area contributed by atoms with Crippen molar-refractivity contribution in [2.45, 2.75) is 12.8 Å². The molecular formula is C18H18N2O4. The molecule has 2 amide bonds. The highest BCUT2D eigenvalue weighted by Crippen LogP contribution is 2.14. The van der Waals surface area contributed by atoms with Crippen molar-refractivity contribution in [3.05, 3.63) is 65.7 Å². The average Bonchev–Trinajstić information content (AvgIpc) is 2.56. The quantitative estimate of drug-likeness (QED) is 0.679. The summed E-state index contributed by atoms with van der Waals surface area (Å²) in [5.41, 5.74) is 1.25. The van der Waals surface area contributed by atoms with Gasteiger partial charge in [-0.3, -0.25) is 9.59 Å². The van der Waals surface area contributed by atoms with Crippen LogP contribution in [0.25, 0.3) is 0 Å². The second-order valence-electron chi connectivity index (χ2n) is 5.16. The summed E-state index contributed by atoms with van der Waals surface area (Å²) in [6.45, 7) is 0.432. The number of carboxylic acid groups (broad SMARTS) is 1. The lowest BCUT2D eigenvalue weighted by atomic mass is 10.1. The zero-order valence-electron chi connectivity index (χ0n) is 13.0. The van der Waals surface area contributed by atoms with Crippen LogP contribution in [0, 0.1) is 0 Å². The molecule has 0 aliphatic carbocycles. The molecule has 0 aliphatic heterocycles. The van der Waals surface area contributed by atoms with Crippen molar-refractivity contribution < 1.29 is 19.5 Å². The molecule has 0 radical (unpaired) electrons. The van der Waals surface area contributed by atoms with E-state index in [2.05, 4.69) is 10.6 Å². The Kier molecular flexibility index (Phi) is 6.08. The maximum Gasteiger partial charge on any atom is 0.337 e. The van der Waals surface area contributed by atoms with Gasteiger partial charge in [0, 0.05) is 6.54 Å². The van der Waals surface area contributed by atoms with Crippen molar-refractivity contribution >= 4 is 23.5 Å². The third-order valence-electron chi connectivity index (χ3n) is 3.33. The molecule has 0 bridgehead atoms. The smallest absolute Gasteiger partial charge is 0.337 e. The molecular weight excluding hydrogens is 308 g/mol. The van der Waals surface area contributed by atoms with Gasteiger partial charge in [0.05, 0.1) is 11.3 Å². The van der Waals surface area contributed by atoms with Gasteiger partial charge in [0.1, 0.15) is 6.42 Å². The standard InChI is InChI=1S/C18H18N2O4/c21-16(19-11-10-13-6-2-1-3-7-13)12-17(22)20-15-9-5-4-8-14(15)18(23)24/h1-9H,10-12H2,(H,19,21)(H,20,22)(H,23,24). The molecule has 0 fully saturated rings. The third kappa shape index (κ3) is 5.24. The summed E-state index contributed by atoms with van der Waals surface area (Å²) in [6, 6.07) is 15.7. The molecule has 6 heteroatoms. The van der Waals surface area contributed by atoms with Crippen LogP contribution in [0.5, 0.6) is 0 Å². The molecule has 2 aromatic rings. The fraction of sp³-hybridized carbons (Fsp3) is 0.167. The van der Waals surface area contributed by atoms with Crippen molar-refractivity contribution in [2.24, 2.45) is 0 Å². The first-order valence-corrected chi connectivity index (χ1v) is 7.49. The number of para-hydroxylation sites is 1. The van der Waals surface area contributed by atoms with Crippen molar-refractivity contribution in [1.82, 2.24) is 5.32 Å². The maximum atomic E-state index is 11.9. The molecule has 6 nitrogen and oxygen atoms in total. The lowest BCUT2D eigenvalue weighted by Crippen LogP contribution is -2.30. The normalized spacial score (nSPS) is 10.0. The van der Waals surface area contributed by atoms with E-state index >= 15 is 0 Å². The lowest BCUT2D eigenvalue weighted by Gasteiger charge is -2.09. The number of carbonyl (C=O) groups is 3. The maximum absolute atomic E-state index is 11.9. The largest absolute Gasteiger partial charge is 0.478 e. The summed E-state index contributed by atoms with van der Waals surface area (Å²) in [7, 11) is 0. The first-order chi connectivity index (χ1) is 11.6. The topological polar surface area (TPSA) is 95.5 Å². The van der Waals surface area contributed by atoms with E-state index in [1.165, 1.54) is 12.1 Å². The first kappa shape index (κ1) is 17.2. The summed E-state index contributed by atoms with van der Waals surface area (Å²) < 4.78 is 0. The number of amides is 2. The van der Waals surface area contributed by atoms with E-state index < -0.39 is 17.8 Å². The van der Waals surface area contributed by atoms with Crippen LogP contribution < -0.4 is 10.6 Å². The molecule has 0 saturated heterocycles. The van der Waals surface area contributed by atoms with Crippen LogP contribution in [0.4, 0.5) is 5.69 Å². The molecule has 0 aliphatic rings. The van der Waals surface area contributed by atoms with Crippen molar-refractivity contribution in [2.75, 3.05) is 11.9 Å². The van der Waals surface area contributed by atoms with Crippen LogP contribution in [0.3, 0.4) is 0 Å². The minimum absolute atomic E-state index is 0.0182. The Bertz CT molecular complexity index is 729. The molecule has 0 atom stereocenters. The van der Waals surface area contributed by atoms with E-state index in [0.29, 0.717) is 13.0 Å². The Morgan fingerprint density at radius 2 is 1.54 bits per heavy atom. The van der Waals surface area contributed by atoms with Gasteiger partial charge in [0.15, 0.2) is 0 Å². The number of anilines is 1. The number of nitrogens with one attached hydrogen (secondary N) is 2. The molecule has 0 saturated carbocycles. The van der Waals surface area contributed by atoms with E-state index in [4.69, 9.17) is 5.11 Å². The number of hydrogen-bond donors (Lipinski definition) is 3. The van der Waals surface area contributed by atoms with Crippen LogP contribution in [-0.2, 0) is 16.0 Å². The van der Waals surface area contributed by atoms with Gasteiger partial charge in [-0.05, 0) is 24.1 Å². The molecule has 124 valence electrons. The number of benzene rings is 2. The molecule has 3 N–H and O–H groups in total. The highest BCUT2D eigenvalue weighted by molar-refractivity contribution is 6.06. The zero-order chi connectivity index (χ0) is 17.4. The molecule has 0 heterocycles. The Labute approximate surface area is 139 Å². The number of carbonyl (C=O) groups excluding carboxylic acids is 2. The van der Waals surface area contributed by atoms with Gasteiger partial charge in [-0.15, -0.1) is 0 Å². The van der Waals surface area contributed by atoms with Crippen molar-refractivity contribution in [3.8, 4) is 0 Å². The van der Waals surface area contributed by atoms with E-state index in [1.54, 1.807) is 12.1 Å². The number of rotatable bonds is 7.